The predicted molar refractivity (Wildman–Crippen MR) is 66.5 cm³/mol. The topological polar surface area (TPSA) is 61.4 Å². The van der Waals surface area contributed by atoms with E-state index in [2.05, 4.69) is 10.6 Å². The Morgan fingerprint density at radius 2 is 2.00 bits per heavy atom. The molecule has 2 N–H and O–H groups in total. The molecule has 1 saturated heterocycles. The van der Waals surface area contributed by atoms with Gasteiger partial charge in [-0.2, -0.15) is 0 Å². The molecule has 0 bridgehead atoms. The summed E-state index contributed by atoms with van der Waals surface area (Å²) in [5, 5.41) is 5.82. The largest absolute Gasteiger partial charge is 0.343 e. The van der Waals surface area contributed by atoms with E-state index in [1.165, 1.54) is 0 Å². The van der Waals surface area contributed by atoms with Crippen molar-refractivity contribution in [3.8, 4) is 0 Å². The fraction of sp³-hybridized carbons (Fsp3) is 0.667. The van der Waals surface area contributed by atoms with E-state index < -0.39 is 0 Å². The molecule has 0 aromatic rings. The summed E-state index contributed by atoms with van der Waals surface area (Å²) in [6.07, 6.45) is 2.68. The number of nitrogens with one attached hydrogen (secondary N) is 2. The van der Waals surface area contributed by atoms with Gasteiger partial charge in [0.25, 0.3) is 0 Å². The summed E-state index contributed by atoms with van der Waals surface area (Å²) in [6.45, 7) is 6.92. The van der Waals surface area contributed by atoms with Crippen LogP contribution in [0.4, 0.5) is 0 Å². The van der Waals surface area contributed by atoms with Crippen molar-refractivity contribution in [2.45, 2.75) is 20.3 Å². The summed E-state index contributed by atoms with van der Waals surface area (Å²) in [5.74, 6) is -0.167. The van der Waals surface area contributed by atoms with Gasteiger partial charge in [0, 0.05) is 31.8 Å². The molecule has 1 fully saturated rings. The highest BCUT2D eigenvalue weighted by atomic mass is 16.2. The standard InChI is InChI=1S/C12H21N3O2/c1-3-4-10(2)12(17)14-9-11(16)15-7-5-13-6-8-15/h4,13H,3,5-9H2,1-2H3,(H,14,17). The maximum atomic E-state index is 11.7. The van der Waals surface area contributed by atoms with Crippen LogP contribution in [0.5, 0.6) is 0 Å². The van der Waals surface area contributed by atoms with Gasteiger partial charge in [0.1, 0.15) is 0 Å². The molecule has 0 aliphatic carbocycles. The summed E-state index contributed by atoms with van der Waals surface area (Å²) >= 11 is 0. The Balaban J connectivity index is 2.32. The molecule has 17 heavy (non-hydrogen) atoms. The normalized spacial score (nSPS) is 16.8. The van der Waals surface area contributed by atoms with Gasteiger partial charge >= 0.3 is 0 Å². The quantitative estimate of drug-likeness (QED) is 0.673. The van der Waals surface area contributed by atoms with E-state index in [0.29, 0.717) is 5.57 Å². The van der Waals surface area contributed by atoms with Crippen molar-refractivity contribution in [3.63, 3.8) is 0 Å². The highest BCUT2D eigenvalue weighted by Gasteiger charge is 2.16. The number of allylic oxidation sites excluding steroid dienone is 1. The average molecular weight is 239 g/mol. The van der Waals surface area contributed by atoms with E-state index in [1.807, 2.05) is 13.0 Å². The van der Waals surface area contributed by atoms with Crippen LogP contribution in [0.2, 0.25) is 0 Å². The number of rotatable bonds is 4. The van der Waals surface area contributed by atoms with Crippen LogP contribution in [-0.4, -0.2) is 49.4 Å². The summed E-state index contributed by atoms with van der Waals surface area (Å²) in [7, 11) is 0. The minimum atomic E-state index is -0.157. The van der Waals surface area contributed by atoms with E-state index in [-0.39, 0.29) is 18.4 Å². The maximum absolute atomic E-state index is 11.7. The number of hydrogen-bond acceptors (Lipinski definition) is 3. The van der Waals surface area contributed by atoms with Crippen molar-refractivity contribution in [1.82, 2.24) is 15.5 Å². The van der Waals surface area contributed by atoms with Crippen LogP contribution in [0.15, 0.2) is 11.6 Å². The fourth-order valence-corrected chi connectivity index (χ4v) is 1.72. The van der Waals surface area contributed by atoms with Crippen molar-refractivity contribution in [3.05, 3.63) is 11.6 Å². The number of piperazine rings is 1. The van der Waals surface area contributed by atoms with E-state index in [4.69, 9.17) is 0 Å². The first-order valence-electron chi connectivity index (χ1n) is 6.08. The zero-order valence-corrected chi connectivity index (χ0v) is 10.6. The lowest BCUT2D eigenvalue weighted by Gasteiger charge is -2.27. The van der Waals surface area contributed by atoms with Crippen molar-refractivity contribution >= 4 is 11.8 Å². The molecule has 5 heteroatoms. The number of amides is 2. The SMILES string of the molecule is CCC=C(C)C(=O)NCC(=O)N1CCNCC1. The fourth-order valence-electron chi connectivity index (χ4n) is 1.72. The van der Waals surface area contributed by atoms with Crippen molar-refractivity contribution < 1.29 is 9.59 Å². The second-order valence-electron chi connectivity index (χ2n) is 4.11. The van der Waals surface area contributed by atoms with Gasteiger partial charge in [0.15, 0.2) is 0 Å². The number of carbonyl (C=O) groups is 2. The van der Waals surface area contributed by atoms with Gasteiger partial charge < -0.3 is 15.5 Å². The third-order valence-electron chi connectivity index (χ3n) is 2.74. The smallest absolute Gasteiger partial charge is 0.247 e. The Labute approximate surface area is 102 Å². The van der Waals surface area contributed by atoms with Crippen LogP contribution < -0.4 is 10.6 Å². The molecule has 1 aliphatic heterocycles. The highest BCUT2D eigenvalue weighted by molar-refractivity contribution is 5.95. The number of hydrogen-bond donors (Lipinski definition) is 2. The van der Waals surface area contributed by atoms with Crippen LogP contribution in [0, 0.1) is 0 Å². The number of nitrogens with zero attached hydrogens (tertiary/aromatic N) is 1. The van der Waals surface area contributed by atoms with Gasteiger partial charge in [0.2, 0.25) is 11.8 Å². The Bertz CT molecular complexity index is 307. The Kier molecular flexibility index (Phi) is 5.69. The first-order chi connectivity index (χ1) is 8.15. The molecule has 2 amide bonds. The third kappa shape index (κ3) is 4.56. The zero-order valence-electron chi connectivity index (χ0n) is 10.6. The summed E-state index contributed by atoms with van der Waals surface area (Å²) in [5.41, 5.74) is 0.667. The van der Waals surface area contributed by atoms with Crippen LogP contribution in [0.3, 0.4) is 0 Å². The highest BCUT2D eigenvalue weighted by Crippen LogP contribution is 1.96. The monoisotopic (exact) mass is 239 g/mol. The summed E-state index contributed by atoms with van der Waals surface area (Å²) in [4.78, 5) is 25.1. The molecule has 0 unspecified atom stereocenters. The van der Waals surface area contributed by atoms with Crippen LogP contribution in [-0.2, 0) is 9.59 Å². The Morgan fingerprint density at radius 3 is 2.59 bits per heavy atom. The summed E-state index contributed by atoms with van der Waals surface area (Å²) < 4.78 is 0. The lowest BCUT2D eigenvalue weighted by atomic mass is 10.2. The lowest BCUT2D eigenvalue weighted by molar-refractivity contribution is -0.132. The zero-order chi connectivity index (χ0) is 12.7. The number of carbonyl (C=O) groups excluding carboxylic acids is 2. The molecule has 0 spiro atoms. The van der Waals surface area contributed by atoms with Gasteiger partial charge in [-0.3, -0.25) is 9.59 Å². The van der Waals surface area contributed by atoms with Gasteiger partial charge in [-0.1, -0.05) is 13.0 Å². The van der Waals surface area contributed by atoms with Gasteiger partial charge in [0.05, 0.1) is 6.54 Å². The molecule has 1 heterocycles. The van der Waals surface area contributed by atoms with Gasteiger partial charge in [-0.05, 0) is 13.3 Å². The van der Waals surface area contributed by atoms with Crippen LogP contribution >= 0.6 is 0 Å². The molecule has 1 rings (SSSR count). The third-order valence-corrected chi connectivity index (χ3v) is 2.74. The molecule has 0 aromatic heterocycles. The van der Waals surface area contributed by atoms with Gasteiger partial charge in [-0.25, -0.2) is 0 Å². The first kappa shape index (κ1) is 13.7. The molecule has 0 aromatic carbocycles. The van der Waals surface area contributed by atoms with Crippen LogP contribution in [0.25, 0.3) is 0 Å². The Hall–Kier alpha value is -1.36. The van der Waals surface area contributed by atoms with Crippen LogP contribution in [0.1, 0.15) is 20.3 Å². The van der Waals surface area contributed by atoms with Crippen molar-refractivity contribution in [1.29, 1.82) is 0 Å². The molecule has 5 nitrogen and oxygen atoms in total. The second-order valence-corrected chi connectivity index (χ2v) is 4.11. The molecule has 96 valence electrons. The van der Waals surface area contributed by atoms with E-state index in [1.54, 1.807) is 11.8 Å². The van der Waals surface area contributed by atoms with Gasteiger partial charge in [-0.15, -0.1) is 0 Å². The average Bonchev–Trinajstić information content (AvgIpc) is 2.36. The molecule has 0 atom stereocenters. The minimum absolute atomic E-state index is 0.0100. The molecule has 0 saturated carbocycles. The Morgan fingerprint density at radius 1 is 1.35 bits per heavy atom. The van der Waals surface area contributed by atoms with Crippen molar-refractivity contribution in [2.24, 2.45) is 0 Å². The van der Waals surface area contributed by atoms with E-state index >= 15 is 0 Å². The van der Waals surface area contributed by atoms with E-state index in [9.17, 15) is 9.59 Å². The first-order valence-corrected chi connectivity index (χ1v) is 6.08. The predicted octanol–water partition coefficient (Wildman–Crippen LogP) is -0.109. The molecule has 0 radical (unpaired) electrons. The maximum Gasteiger partial charge on any atom is 0.247 e. The second kappa shape index (κ2) is 7.06. The van der Waals surface area contributed by atoms with E-state index in [0.717, 1.165) is 32.6 Å². The van der Waals surface area contributed by atoms with Crippen molar-refractivity contribution in [2.75, 3.05) is 32.7 Å². The minimum Gasteiger partial charge on any atom is -0.343 e. The molecule has 1 aliphatic rings. The summed E-state index contributed by atoms with van der Waals surface area (Å²) in [6, 6.07) is 0. The molecular weight excluding hydrogens is 218 g/mol. The molecular formula is C12H21N3O2. The lowest BCUT2D eigenvalue weighted by Crippen LogP contribution is -2.49.